The van der Waals surface area contributed by atoms with E-state index in [1.165, 1.54) is 0 Å². The van der Waals surface area contributed by atoms with Gasteiger partial charge < -0.3 is 20.5 Å². The van der Waals surface area contributed by atoms with Crippen LogP contribution in [0.3, 0.4) is 0 Å². The molecule has 3 N–H and O–H groups in total. The van der Waals surface area contributed by atoms with Crippen LogP contribution in [0.2, 0.25) is 0 Å². The van der Waals surface area contributed by atoms with Crippen molar-refractivity contribution in [2.45, 2.75) is 57.5 Å². The molecule has 1 heterocycles. The number of hydrogen-bond donors (Lipinski definition) is 2. The SMILES string of the molecule is CCCOc1ccccc1Oc1ncccc1CNC(=O)C1(N)CCCCC1. The maximum Gasteiger partial charge on any atom is 0.240 e. The van der Waals surface area contributed by atoms with Gasteiger partial charge in [-0.1, -0.05) is 44.4 Å². The van der Waals surface area contributed by atoms with Gasteiger partial charge in [0, 0.05) is 18.3 Å². The minimum absolute atomic E-state index is 0.103. The van der Waals surface area contributed by atoms with E-state index in [2.05, 4.69) is 17.2 Å². The molecular formula is C22H29N3O3. The summed E-state index contributed by atoms with van der Waals surface area (Å²) in [5.41, 5.74) is 6.35. The number of aromatic nitrogens is 1. The van der Waals surface area contributed by atoms with E-state index in [1.807, 2.05) is 36.4 Å². The second-order valence-electron chi connectivity index (χ2n) is 7.26. The first-order chi connectivity index (χ1) is 13.6. The first-order valence-corrected chi connectivity index (χ1v) is 10.0. The van der Waals surface area contributed by atoms with Crippen molar-refractivity contribution in [1.82, 2.24) is 10.3 Å². The molecule has 150 valence electrons. The van der Waals surface area contributed by atoms with E-state index in [0.717, 1.165) is 44.1 Å². The van der Waals surface area contributed by atoms with Crippen molar-refractivity contribution in [3.8, 4) is 17.4 Å². The quantitative estimate of drug-likeness (QED) is 0.721. The van der Waals surface area contributed by atoms with Crippen LogP contribution in [0.15, 0.2) is 42.6 Å². The molecule has 6 nitrogen and oxygen atoms in total. The number of amides is 1. The maximum absolute atomic E-state index is 12.6. The number of nitrogens with two attached hydrogens (primary N) is 1. The second kappa shape index (κ2) is 9.55. The van der Waals surface area contributed by atoms with Crippen LogP contribution in [-0.2, 0) is 11.3 Å². The molecule has 2 aromatic rings. The van der Waals surface area contributed by atoms with E-state index < -0.39 is 5.54 Å². The predicted octanol–water partition coefficient (Wildman–Crippen LogP) is 3.94. The summed E-state index contributed by atoms with van der Waals surface area (Å²) in [6.07, 6.45) is 7.19. The molecule has 1 aliphatic carbocycles. The summed E-state index contributed by atoms with van der Waals surface area (Å²) in [6, 6.07) is 11.2. The average molecular weight is 383 g/mol. The van der Waals surface area contributed by atoms with Gasteiger partial charge >= 0.3 is 0 Å². The highest BCUT2D eigenvalue weighted by atomic mass is 16.5. The predicted molar refractivity (Wildman–Crippen MR) is 108 cm³/mol. The van der Waals surface area contributed by atoms with Crippen molar-refractivity contribution in [3.05, 3.63) is 48.2 Å². The van der Waals surface area contributed by atoms with Gasteiger partial charge in [0.2, 0.25) is 11.8 Å². The van der Waals surface area contributed by atoms with Gasteiger partial charge in [0.25, 0.3) is 0 Å². The van der Waals surface area contributed by atoms with Crippen molar-refractivity contribution in [2.75, 3.05) is 6.61 Å². The number of nitrogens with one attached hydrogen (secondary N) is 1. The highest BCUT2D eigenvalue weighted by Gasteiger charge is 2.35. The smallest absolute Gasteiger partial charge is 0.240 e. The number of para-hydroxylation sites is 2. The van der Waals surface area contributed by atoms with Crippen LogP contribution in [-0.4, -0.2) is 23.0 Å². The first kappa shape index (κ1) is 20.1. The molecule has 1 aromatic heterocycles. The van der Waals surface area contributed by atoms with E-state index in [1.54, 1.807) is 6.20 Å². The molecule has 0 spiro atoms. The third-order valence-corrected chi connectivity index (χ3v) is 5.00. The average Bonchev–Trinajstić information content (AvgIpc) is 2.73. The van der Waals surface area contributed by atoms with Gasteiger partial charge in [0.15, 0.2) is 11.5 Å². The standard InChI is InChI=1S/C22H29N3O3/c1-2-15-27-18-10-4-5-11-19(18)28-20-17(9-8-14-24-20)16-25-21(26)22(23)12-6-3-7-13-22/h4-5,8-11,14H,2-3,6-7,12-13,15-16,23H2,1H3,(H,25,26). The van der Waals surface area contributed by atoms with E-state index in [9.17, 15) is 4.79 Å². The Balaban J connectivity index is 1.69. The minimum atomic E-state index is -0.762. The van der Waals surface area contributed by atoms with E-state index in [0.29, 0.717) is 30.5 Å². The summed E-state index contributed by atoms with van der Waals surface area (Å²) in [5, 5.41) is 2.97. The summed E-state index contributed by atoms with van der Waals surface area (Å²) in [5.74, 6) is 1.62. The fraction of sp³-hybridized carbons (Fsp3) is 0.455. The molecule has 1 saturated carbocycles. The van der Waals surface area contributed by atoms with Crippen LogP contribution in [0.25, 0.3) is 0 Å². The molecule has 1 fully saturated rings. The molecule has 0 atom stereocenters. The Morgan fingerprint density at radius 3 is 2.64 bits per heavy atom. The highest BCUT2D eigenvalue weighted by molar-refractivity contribution is 5.86. The lowest BCUT2D eigenvalue weighted by molar-refractivity contribution is -0.127. The zero-order valence-electron chi connectivity index (χ0n) is 16.4. The summed E-state index contributed by atoms with van der Waals surface area (Å²) in [4.78, 5) is 17.0. The fourth-order valence-corrected chi connectivity index (χ4v) is 3.38. The Labute approximate surface area is 166 Å². The molecule has 0 aliphatic heterocycles. The Bertz CT molecular complexity index is 788. The van der Waals surface area contributed by atoms with E-state index in [4.69, 9.17) is 15.2 Å². The third kappa shape index (κ3) is 5.01. The third-order valence-electron chi connectivity index (χ3n) is 5.00. The summed E-state index contributed by atoms with van der Waals surface area (Å²) in [6.45, 7) is 2.99. The molecule has 0 bridgehead atoms. The number of ether oxygens (including phenoxy) is 2. The van der Waals surface area contributed by atoms with E-state index in [-0.39, 0.29) is 5.91 Å². The molecule has 6 heteroatoms. The number of carbonyl (C=O) groups excluding carboxylic acids is 1. The Kier molecular flexibility index (Phi) is 6.87. The number of nitrogens with zero attached hydrogens (tertiary/aromatic N) is 1. The van der Waals surface area contributed by atoms with Crippen molar-refractivity contribution in [3.63, 3.8) is 0 Å². The topological polar surface area (TPSA) is 86.5 Å². The van der Waals surface area contributed by atoms with Gasteiger partial charge in [-0.15, -0.1) is 0 Å². The van der Waals surface area contributed by atoms with Crippen molar-refractivity contribution in [1.29, 1.82) is 0 Å². The van der Waals surface area contributed by atoms with Crippen LogP contribution in [0.1, 0.15) is 51.0 Å². The van der Waals surface area contributed by atoms with Crippen LogP contribution < -0.4 is 20.5 Å². The zero-order valence-corrected chi connectivity index (χ0v) is 16.4. The highest BCUT2D eigenvalue weighted by Crippen LogP contribution is 2.32. The lowest BCUT2D eigenvalue weighted by Crippen LogP contribution is -2.54. The fourth-order valence-electron chi connectivity index (χ4n) is 3.38. The van der Waals surface area contributed by atoms with Crippen LogP contribution in [0.4, 0.5) is 0 Å². The number of carbonyl (C=O) groups is 1. The maximum atomic E-state index is 12.6. The molecule has 0 saturated heterocycles. The lowest BCUT2D eigenvalue weighted by atomic mass is 9.82. The Hall–Kier alpha value is -2.60. The van der Waals surface area contributed by atoms with Crippen LogP contribution in [0, 0.1) is 0 Å². The number of hydrogen-bond acceptors (Lipinski definition) is 5. The Morgan fingerprint density at radius 2 is 1.89 bits per heavy atom. The number of benzene rings is 1. The lowest BCUT2D eigenvalue weighted by Gasteiger charge is -2.31. The number of pyridine rings is 1. The van der Waals surface area contributed by atoms with Gasteiger partial charge in [-0.2, -0.15) is 0 Å². The largest absolute Gasteiger partial charge is 0.490 e. The minimum Gasteiger partial charge on any atom is -0.490 e. The van der Waals surface area contributed by atoms with Gasteiger partial charge in [-0.05, 0) is 37.5 Å². The van der Waals surface area contributed by atoms with Crippen molar-refractivity contribution >= 4 is 5.91 Å². The van der Waals surface area contributed by atoms with Crippen LogP contribution in [0.5, 0.6) is 17.4 Å². The molecule has 0 unspecified atom stereocenters. The molecule has 0 radical (unpaired) electrons. The monoisotopic (exact) mass is 383 g/mol. The van der Waals surface area contributed by atoms with E-state index >= 15 is 0 Å². The molecule has 1 amide bonds. The van der Waals surface area contributed by atoms with Crippen LogP contribution >= 0.6 is 0 Å². The van der Waals surface area contributed by atoms with Gasteiger partial charge in [-0.25, -0.2) is 4.98 Å². The molecule has 1 aromatic carbocycles. The molecular weight excluding hydrogens is 354 g/mol. The number of rotatable bonds is 8. The van der Waals surface area contributed by atoms with Gasteiger partial charge in [-0.3, -0.25) is 4.79 Å². The summed E-state index contributed by atoms with van der Waals surface area (Å²) < 4.78 is 11.8. The summed E-state index contributed by atoms with van der Waals surface area (Å²) >= 11 is 0. The normalized spacial score (nSPS) is 15.6. The Morgan fingerprint density at radius 1 is 1.14 bits per heavy atom. The molecule has 3 rings (SSSR count). The van der Waals surface area contributed by atoms with Gasteiger partial charge in [0.05, 0.1) is 12.1 Å². The summed E-state index contributed by atoms with van der Waals surface area (Å²) in [7, 11) is 0. The van der Waals surface area contributed by atoms with Crippen molar-refractivity contribution < 1.29 is 14.3 Å². The molecule has 1 aliphatic rings. The second-order valence-corrected chi connectivity index (χ2v) is 7.26. The molecule has 28 heavy (non-hydrogen) atoms. The van der Waals surface area contributed by atoms with Crippen molar-refractivity contribution in [2.24, 2.45) is 5.73 Å². The van der Waals surface area contributed by atoms with Gasteiger partial charge in [0.1, 0.15) is 0 Å². The first-order valence-electron chi connectivity index (χ1n) is 10.0. The zero-order chi connectivity index (χ0) is 19.8.